The number of carboxylic acids is 1. The molecule has 7 heteroatoms. The molecule has 0 radical (unpaired) electrons. The number of carbonyl (C=O) groups is 1. The molecule has 0 aromatic heterocycles. The standard InChI is InChI=1S/C13H26N2O4S/c1-2-3-8-15-9-6-12(7-10-15)14-20(18,19)11-4-5-13(16)17/h12,14H,2-11H2,1H3,(H,16,17). The summed E-state index contributed by atoms with van der Waals surface area (Å²) in [5, 5.41) is 8.51. The number of likely N-dealkylation sites (tertiary alicyclic amines) is 1. The molecule has 1 heterocycles. The summed E-state index contributed by atoms with van der Waals surface area (Å²) in [5.74, 6) is -1.06. The zero-order valence-electron chi connectivity index (χ0n) is 12.2. The fourth-order valence-corrected chi connectivity index (χ4v) is 3.77. The van der Waals surface area contributed by atoms with Crippen LogP contribution in [-0.4, -0.2) is 55.8 Å². The van der Waals surface area contributed by atoms with Gasteiger partial charge < -0.3 is 10.0 Å². The maximum atomic E-state index is 11.8. The topological polar surface area (TPSA) is 86.7 Å². The summed E-state index contributed by atoms with van der Waals surface area (Å²) in [5.41, 5.74) is 0. The number of hydrogen-bond acceptors (Lipinski definition) is 4. The fourth-order valence-electron chi connectivity index (χ4n) is 2.38. The van der Waals surface area contributed by atoms with Crippen LogP contribution in [0.5, 0.6) is 0 Å². The average Bonchev–Trinajstić information content (AvgIpc) is 2.37. The molecule has 0 aromatic rings. The molecule has 118 valence electrons. The number of sulfonamides is 1. The van der Waals surface area contributed by atoms with Crippen molar-refractivity contribution < 1.29 is 18.3 Å². The van der Waals surface area contributed by atoms with Crippen molar-refractivity contribution in [3.63, 3.8) is 0 Å². The first-order valence-electron chi connectivity index (χ1n) is 7.37. The molecule has 1 saturated heterocycles. The lowest BCUT2D eigenvalue weighted by molar-refractivity contribution is -0.137. The van der Waals surface area contributed by atoms with E-state index in [1.807, 2.05) is 0 Å². The van der Waals surface area contributed by atoms with Crippen LogP contribution in [0, 0.1) is 0 Å². The summed E-state index contributed by atoms with van der Waals surface area (Å²) in [6.07, 6.45) is 4.10. The molecule has 0 bridgehead atoms. The lowest BCUT2D eigenvalue weighted by Crippen LogP contribution is -2.45. The minimum Gasteiger partial charge on any atom is -0.481 e. The van der Waals surface area contributed by atoms with Gasteiger partial charge in [0.15, 0.2) is 0 Å². The monoisotopic (exact) mass is 306 g/mol. The molecule has 0 atom stereocenters. The Hall–Kier alpha value is -0.660. The van der Waals surface area contributed by atoms with E-state index >= 15 is 0 Å². The van der Waals surface area contributed by atoms with Gasteiger partial charge in [0, 0.05) is 12.5 Å². The quantitative estimate of drug-likeness (QED) is 0.664. The molecule has 20 heavy (non-hydrogen) atoms. The van der Waals surface area contributed by atoms with Gasteiger partial charge in [-0.1, -0.05) is 13.3 Å². The van der Waals surface area contributed by atoms with Crippen LogP contribution in [0.4, 0.5) is 0 Å². The van der Waals surface area contributed by atoms with Gasteiger partial charge in [-0.3, -0.25) is 4.79 Å². The van der Waals surface area contributed by atoms with Crippen LogP contribution in [0.2, 0.25) is 0 Å². The van der Waals surface area contributed by atoms with E-state index in [9.17, 15) is 13.2 Å². The van der Waals surface area contributed by atoms with Crippen LogP contribution in [-0.2, 0) is 14.8 Å². The van der Waals surface area contributed by atoms with Crippen molar-refractivity contribution in [3.8, 4) is 0 Å². The van der Waals surface area contributed by atoms with Gasteiger partial charge in [0.2, 0.25) is 10.0 Å². The number of unbranched alkanes of at least 4 members (excludes halogenated alkanes) is 1. The van der Waals surface area contributed by atoms with E-state index in [1.54, 1.807) is 0 Å². The molecule has 1 aliphatic rings. The maximum absolute atomic E-state index is 11.8. The van der Waals surface area contributed by atoms with Crippen molar-refractivity contribution in [1.82, 2.24) is 9.62 Å². The van der Waals surface area contributed by atoms with Crippen LogP contribution >= 0.6 is 0 Å². The van der Waals surface area contributed by atoms with E-state index < -0.39 is 16.0 Å². The number of piperidine rings is 1. The Bertz CT molecular complexity index is 389. The van der Waals surface area contributed by atoms with Crippen molar-refractivity contribution in [2.45, 2.75) is 51.5 Å². The first-order valence-corrected chi connectivity index (χ1v) is 9.02. The van der Waals surface area contributed by atoms with Crippen molar-refractivity contribution in [2.24, 2.45) is 0 Å². The van der Waals surface area contributed by atoms with Crippen LogP contribution in [0.25, 0.3) is 0 Å². The predicted octanol–water partition coefficient (Wildman–Crippen LogP) is 1.04. The number of aliphatic carboxylic acids is 1. The molecular formula is C13H26N2O4S. The molecule has 0 amide bonds. The minimum atomic E-state index is -3.34. The number of hydrogen-bond donors (Lipinski definition) is 2. The first-order chi connectivity index (χ1) is 9.43. The third kappa shape index (κ3) is 7.21. The summed E-state index contributed by atoms with van der Waals surface area (Å²) in [7, 11) is -3.34. The van der Waals surface area contributed by atoms with E-state index in [0.29, 0.717) is 0 Å². The van der Waals surface area contributed by atoms with Gasteiger partial charge in [0.1, 0.15) is 0 Å². The van der Waals surface area contributed by atoms with Crippen molar-refractivity contribution in [2.75, 3.05) is 25.4 Å². The zero-order chi connectivity index (χ0) is 15.0. The van der Waals surface area contributed by atoms with E-state index in [4.69, 9.17) is 5.11 Å². The lowest BCUT2D eigenvalue weighted by atomic mass is 10.1. The van der Waals surface area contributed by atoms with E-state index in [1.165, 1.54) is 12.8 Å². The highest BCUT2D eigenvalue weighted by molar-refractivity contribution is 7.89. The van der Waals surface area contributed by atoms with Crippen molar-refractivity contribution in [1.29, 1.82) is 0 Å². The molecule has 1 rings (SSSR count). The third-order valence-electron chi connectivity index (χ3n) is 3.57. The van der Waals surface area contributed by atoms with E-state index in [-0.39, 0.29) is 24.6 Å². The second-order valence-electron chi connectivity index (χ2n) is 5.40. The Labute approximate surface area is 121 Å². The molecule has 6 nitrogen and oxygen atoms in total. The smallest absolute Gasteiger partial charge is 0.303 e. The van der Waals surface area contributed by atoms with Gasteiger partial charge in [-0.05, 0) is 45.3 Å². The van der Waals surface area contributed by atoms with Gasteiger partial charge in [0.05, 0.1) is 5.75 Å². The Morgan fingerprint density at radius 3 is 2.50 bits per heavy atom. The lowest BCUT2D eigenvalue weighted by Gasteiger charge is -2.32. The summed E-state index contributed by atoms with van der Waals surface area (Å²) in [4.78, 5) is 12.8. The summed E-state index contributed by atoms with van der Waals surface area (Å²) >= 11 is 0. The zero-order valence-corrected chi connectivity index (χ0v) is 13.0. The van der Waals surface area contributed by atoms with Crippen molar-refractivity contribution in [3.05, 3.63) is 0 Å². The average molecular weight is 306 g/mol. The highest BCUT2D eigenvalue weighted by atomic mass is 32.2. The van der Waals surface area contributed by atoms with Gasteiger partial charge in [-0.15, -0.1) is 0 Å². The van der Waals surface area contributed by atoms with Crippen LogP contribution < -0.4 is 4.72 Å². The molecule has 0 saturated carbocycles. The molecule has 1 fully saturated rings. The predicted molar refractivity (Wildman–Crippen MR) is 78.2 cm³/mol. The third-order valence-corrected chi connectivity index (χ3v) is 5.08. The Morgan fingerprint density at radius 1 is 1.30 bits per heavy atom. The maximum Gasteiger partial charge on any atom is 0.303 e. The second kappa shape index (κ2) is 8.59. The number of carboxylic acid groups (broad SMARTS) is 1. The van der Waals surface area contributed by atoms with Gasteiger partial charge in [-0.2, -0.15) is 0 Å². The largest absolute Gasteiger partial charge is 0.481 e. The highest BCUT2D eigenvalue weighted by Crippen LogP contribution is 2.12. The second-order valence-corrected chi connectivity index (χ2v) is 7.28. The van der Waals surface area contributed by atoms with Crippen LogP contribution in [0.1, 0.15) is 45.4 Å². The van der Waals surface area contributed by atoms with Gasteiger partial charge >= 0.3 is 5.97 Å². The normalized spacial score (nSPS) is 18.2. The molecule has 0 spiro atoms. The minimum absolute atomic E-state index is 0.00250. The molecule has 0 aromatic carbocycles. The summed E-state index contributed by atoms with van der Waals surface area (Å²) in [6, 6.07) is 0.00250. The number of nitrogens with one attached hydrogen (secondary N) is 1. The van der Waals surface area contributed by atoms with E-state index in [2.05, 4.69) is 16.5 Å². The van der Waals surface area contributed by atoms with Crippen molar-refractivity contribution >= 4 is 16.0 Å². The Balaban J connectivity index is 2.26. The molecule has 2 N–H and O–H groups in total. The highest BCUT2D eigenvalue weighted by Gasteiger charge is 2.23. The summed E-state index contributed by atoms with van der Waals surface area (Å²) in [6.45, 7) is 5.12. The molecule has 1 aliphatic heterocycles. The number of rotatable bonds is 9. The fraction of sp³-hybridized carbons (Fsp3) is 0.923. The first kappa shape index (κ1) is 17.4. The summed E-state index contributed by atoms with van der Waals surface area (Å²) < 4.78 is 26.3. The molecular weight excluding hydrogens is 280 g/mol. The molecule has 0 aliphatic carbocycles. The van der Waals surface area contributed by atoms with Gasteiger partial charge in [0.25, 0.3) is 0 Å². The van der Waals surface area contributed by atoms with Crippen LogP contribution in [0.15, 0.2) is 0 Å². The Kier molecular flexibility index (Phi) is 7.47. The molecule has 0 unspecified atom stereocenters. The van der Waals surface area contributed by atoms with Crippen LogP contribution in [0.3, 0.4) is 0 Å². The number of nitrogens with zero attached hydrogens (tertiary/aromatic N) is 1. The van der Waals surface area contributed by atoms with E-state index in [0.717, 1.165) is 32.5 Å². The Morgan fingerprint density at radius 2 is 1.95 bits per heavy atom. The van der Waals surface area contributed by atoms with Gasteiger partial charge in [-0.25, -0.2) is 13.1 Å². The SMILES string of the molecule is CCCCN1CCC(NS(=O)(=O)CCCC(=O)O)CC1.